The van der Waals surface area contributed by atoms with Crippen molar-refractivity contribution >= 4 is 10.0 Å². The highest BCUT2D eigenvalue weighted by atomic mass is 32.2. The molecule has 1 N–H and O–H groups in total. The van der Waals surface area contributed by atoms with Gasteiger partial charge in [-0.2, -0.15) is 5.26 Å². The number of rotatable bonds is 9. The molecule has 21 heavy (non-hydrogen) atoms. The Hall–Kier alpha value is -1.45. The molecule has 1 aromatic rings. The van der Waals surface area contributed by atoms with Crippen molar-refractivity contribution in [3.05, 3.63) is 24.0 Å². The Labute approximate surface area is 127 Å². The van der Waals surface area contributed by atoms with Gasteiger partial charge in [-0.25, -0.2) is 18.1 Å². The van der Waals surface area contributed by atoms with Gasteiger partial charge < -0.3 is 0 Å². The van der Waals surface area contributed by atoms with E-state index in [1.54, 1.807) is 6.07 Å². The van der Waals surface area contributed by atoms with Gasteiger partial charge in [-0.3, -0.25) is 0 Å². The molecule has 0 saturated heterocycles. The molecule has 0 amide bonds. The van der Waals surface area contributed by atoms with Crippen LogP contribution >= 0.6 is 0 Å². The Balaban J connectivity index is 2.39. The zero-order valence-electron chi connectivity index (χ0n) is 12.7. The Morgan fingerprint density at radius 3 is 2.67 bits per heavy atom. The second-order valence-electron chi connectivity index (χ2n) is 5.46. The van der Waals surface area contributed by atoms with E-state index in [1.807, 2.05) is 0 Å². The third-order valence-corrected chi connectivity index (χ3v) is 4.66. The van der Waals surface area contributed by atoms with Crippen molar-refractivity contribution < 1.29 is 8.42 Å². The highest BCUT2D eigenvalue weighted by Gasteiger charge is 2.18. The van der Waals surface area contributed by atoms with Crippen LogP contribution in [0.4, 0.5) is 0 Å². The number of pyridine rings is 1. The van der Waals surface area contributed by atoms with Crippen molar-refractivity contribution in [2.45, 2.75) is 50.8 Å². The summed E-state index contributed by atoms with van der Waals surface area (Å²) in [6.07, 6.45) is 6.74. The SMILES string of the molecule is CC(C)CCCCCCNS(=O)(=O)c1cccnc1C#N. The molecule has 1 rings (SSSR count). The largest absolute Gasteiger partial charge is 0.244 e. The Kier molecular flexibility index (Phi) is 7.34. The quantitative estimate of drug-likeness (QED) is 0.711. The first-order valence-electron chi connectivity index (χ1n) is 7.32. The lowest BCUT2D eigenvalue weighted by Gasteiger charge is -2.08. The van der Waals surface area contributed by atoms with Gasteiger partial charge in [0.05, 0.1) is 0 Å². The first-order valence-corrected chi connectivity index (χ1v) is 8.80. The number of sulfonamides is 1. The van der Waals surface area contributed by atoms with Gasteiger partial charge in [0.2, 0.25) is 10.0 Å². The summed E-state index contributed by atoms with van der Waals surface area (Å²) < 4.78 is 26.7. The van der Waals surface area contributed by atoms with Gasteiger partial charge in [-0.1, -0.05) is 39.5 Å². The summed E-state index contributed by atoms with van der Waals surface area (Å²) in [7, 11) is -3.64. The molecule has 0 spiro atoms. The van der Waals surface area contributed by atoms with E-state index in [2.05, 4.69) is 23.6 Å². The molecule has 1 aromatic heterocycles. The van der Waals surface area contributed by atoms with E-state index in [0.29, 0.717) is 6.54 Å². The second-order valence-corrected chi connectivity index (χ2v) is 7.19. The van der Waals surface area contributed by atoms with Gasteiger partial charge in [-0.05, 0) is 24.5 Å². The van der Waals surface area contributed by atoms with E-state index in [-0.39, 0.29) is 10.6 Å². The molecule has 0 aliphatic heterocycles. The molecular formula is C15H23N3O2S. The highest BCUT2D eigenvalue weighted by molar-refractivity contribution is 7.89. The lowest BCUT2D eigenvalue weighted by Crippen LogP contribution is -2.25. The lowest BCUT2D eigenvalue weighted by atomic mass is 10.0. The molecular weight excluding hydrogens is 286 g/mol. The van der Waals surface area contributed by atoms with E-state index >= 15 is 0 Å². The fourth-order valence-electron chi connectivity index (χ4n) is 2.01. The second kappa shape index (κ2) is 8.75. The zero-order valence-corrected chi connectivity index (χ0v) is 13.5. The molecule has 5 nitrogen and oxygen atoms in total. The zero-order chi connectivity index (χ0) is 15.7. The molecule has 0 aliphatic carbocycles. The number of unbranched alkanes of at least 4 members (excludes halogenated alkanes) is 3. The molecule has 0 atom stereocenters. The van der Waals surface area contributed by atoms with E-state index < -0.39 is 10.0 Å². The number of hydrogen-bond donors (Lipinski definition) is 1. The molecule has 0 aromatic carbocycles. The lowest BCUT2D eigenvalue weighted by molar-refractivity contribution is 0.517. The van der Waals surface area contributed by atoms with E-state index in [1.165, 1.54) is 31.2 Å². The Morgan fingerprint density at radius 1 is 1.29 bits per heavy atom. The van der Waals surface area contributed by atoms with Crippen molar-refractivity contribution in [3.63, 3.8) is 0 Å². The van der Waals surface area contributed by atoms with Crippen LogP contribution in [0.3, 0.4) is 0 Å². The van der Waals surface area contributed by atoms with Crippen LogP contribution in [0.25, 0.3) is 0 Å². The standard InChI is InChI=1S/C15H23N3O2S/c1-13(2)8-5-3-4-6-11-18-21(19,20)15-9-7-10-17-14(15)12-16/h7,9-10,13,18H,3-6,8,11H2,1-2H3. The van der Waals surface area contributed by atoms with Crippen LogP contribution in [0, 0.1) is 17.2 Å². The summed E-state index contributed by atoms with van der Waals surface area (Å²) in [5.41, 5.74) is -0.0677. The van der Waals surface area contributed by atoms with Gasteiger partial charge in [0.25, 0.3) is 0 Å². The van der Waals surface area contributed by atoms with Crippen molar-refractivity contribution in [2.24, 2.45) is 5.92 Å². The predicted molar refractivity (Wildman–Crippen MR) is 82.1 cm³/mol. The first kappa shape index (κ1) is 17.6. The summed E-state index contributed by atoms with van der Waals surface area (Å²) in [6.45, 7) is 4.80. The van der Waals surface area contributed by atoms with Crippen molar-refractivity contribution in [2.75, 3.05) is 6.54 Å². The molecule has 1 heterocycles. The average Bonchev–Trinajstić information content (AvgIpc) is 2.45. The predicted octanol–water partition coefficient (Wildman–Crippen LogP) is 2.84. The van der Waals surface area contributed by atoms with Crippen molar-refractivity contribution in [1.82, 2.24) is 9.71 Å². The summed E-state index contributed by atoms with van der Waals surface area (Å²) in [6, 6.07) is 4.71. The summed E-state index contributed by atoms with van der Waals surface area (Å²) in [5.74, 6) is 0.721. The summed E-state index contributed by atoms with van der Waals surface area (Å²) in [5, 5.41) is 8.89. The van der Waals surface area contributed by atoms with Crippen LogP contribution in [0.5, 0.6) is 0 Å². The van der Waals surface area contributed by atoms with Gasteiger partial charge in [0, 0.05) is 12.7 Å². The van der Waals surface area contributed by atoms with Crippen LogP contribution in [-0.2, 0) is 10.0 Å². The van der Waals surface area contributed by atoms with Crippen LogP contribution in [-0.4, -0.2) is 19.9 Å². The van der Waals surface area contributed by atoms with Crippen molar-refractivity contribution in [3.8, 4) is 6.07 Å². The van der Waals surface area contributed by atoms with Crippen LogP contribution < -0.4 is 4.72 Å². The number of nitrogens with one attached hydrogen (secondary N) is 1. The molecule has 0 bridgehead atoms. The fraction of sp³-hybridized carbons (Fsp3) is 0.600. The maximum atomic E-state index is 12.1. The third kappa shape index (κ3) is 6.23. The molecule has 6 heteroatoms. The normalized spacial score (nSPS) is 11.5. The monoisotopic (exact) mass is 309 g/mol. The van der Waals surface area contributed by atoms with Crippen LogP contribution in [0.1, 0.15) is 51.6 Å². The number of nitriles is 1. The average molecular weight is 309 g/mol. The fourth-order valence-corrected chi connectivity index (χ4v) is 3.19. The minimum absolute atomic E-state index is 0.0488. The topological polar surface area (TPSA) is 82.8 Å². The first-order chi connectivity index (χ1) is 9.97. The van der Waals surface area contributed by atoms with Gasteiger partial charge >= 0.3 is 0 Å². The van der Waals surface area contributed by atoms with Crippen LogP contribution in [0.15, 0.2) is 23.2 Å². The summed E-state index contributed by atoms with van der Waals surface area (Å²) >= 11 is 0. The van der Waals surface area contributed by atoms with Gasteiger partial charge in [0.1, 0.15) is 11.0 Å². The molecule has 0 radical (unpaired) electrons. The molecule has 0 aliphatic rings. The number of hydrogen-bond acceptors (Lipinski definition) is 4. The minimum atomic E-state index is -3.64. The van der Waals surface area contributed by atoms with E-state index in [0.717, 1.165) is 25.2 Å². The van der Waals surface area contributed by atoms with E-state index in [4.69, 9.17) is 5.26 Å². The van der Waals surface area contributed by atoms with Crippen LogP contribution in [0.2, 0.25) is 0 Å². The third-order valence-electron chi connectivity index (χ3n) is 3.17. The van der Waals surface area contributed by atoms with Gasteiger partial charge in [-0.15, -0.1) is 0 Å². The smallest absolute Gasteiger partial charge is 0.243 e. The maximum absolute atomic E-state index is 12.1. The maximum Gasteiger partial charge on any atom is 0.243 e. The number of nitrogens with zero attached hydrogens (tertiary/aromatic N) is 2. The number of aromatic nitrogens is 1. The molecule has 116 valence electrons. The Bertz CT molecular complexity index is 577. The summed E-state index contributed by atoms with van der Waals surface area (Å²) in [4.78, 5) is 3.72. The van der Waals surface area contributed by atoms with E-state index in [9.17, 15) is 8.42 Å². The van der Waals surface area contributed by atoms with Crippen molar-refractivity contribution in [1.29, 1.82) is 5.26 Å². The molecule has 0 unspecified atom stereocenters. The molecule has 0 saturated carbocycles. The molecule has 0 fully saturated rings. The Morgan fingerprint density at radius 2 is 2.00 bits per heavy atom. The minimum Gasteiger partial charge on any atom is -0.244 e. The highest BCUT2D eigenvalue weighted by Crippen LogP contribution is 2.12. The van der Waals surface area contributed by atoms with Gasteiger partial charge in [0.15, 0.2) is 5.69 Å².